The number of hydrogen-bond acceptors (Lipinski definition) is 3. The average Bonchev–Trinajstić information content (AvgIpc) is 2.59. The van der Waals surface area contributed by atoms with Gasteiger partial charge in [0.1, 0.15) is 0 Å². The van der Waals surface area contributed by atoms with Gasteiger partial charge in [0.15, 0.2) is 0 Å². The molecule has 0 spiro atoms. The van der Waals surface area contributed by atoms with Crippen molar-refractivity contribution in [2.75, 3.05) is 46.8 Å². The van der Waals surface area contributed by atoms with E-state index in [9.17, 15) is 0 Å². The second kappa shape index (κ2) is 6.88. The minimum absolute atomic E-state index is 0.730. The maximum Gasteiger partial charge on any atom is 0.488 e. The van der Waals surface area contributed by atoms with Crippen molar-refractivity contribution < 1.29 is 0 Å². The number of hydrogen-bond donors (Lipinski definition) is 0. The molecule has 1 fully saturated rings. The van der Waals surface area contributed by atoms with E-state index in [0.717, 1.165) is 0 Å². The molecule has 0 amide bonds. The Hall–Kier alpha value is 0.412. The zero-order valence-corrected chi connectivity index (χ0v) is 12.0. The van der Waals surface area contributed by atoms with Crippen molar-refractivity contribution in [2.24, 2.45) is 0 Å². The lowest BCUT2D eigenvalue weighted by molar-refractivity contribution is 0.403. The summed E-state index contributed by atoms with van der Waals surface area (Å²) in [6.45, 7) is 11.0. The van der Waals surface area contributed by atoms with E-state index >= 15 is 0 Å². The van der Waals surface area contributed by atoms with Gasteiger partial charge in [0.05, 0.1) is 0 Å². The molecule has 3 nitrogen and oxygen atoms in total. The predicted octanol–water partition coefficient (Wildman–Crippen LogP) is 1.08. The van der Waals surface area contributed by atoms with Gasteiger partial charge in [0.2, 0.25) is 0 Å². The molecule has 0 N–H and O–H groups in total. The van der Waals surface area contributed by atoms with Crippen LogP contribution in [-0.2, 0) is 0 Å². The van der Waals surface area contributed by atoms with E-state index in [4.69, 9.17) is 0 Å². The molecule has 1 aliphatic heterocycles. The van der Waals surface area contributed by atoms with Crippen LogP contribution < -0.4 is 0 Å². The third-order valence-electron chi connectivity index (χ3n) is 3.40. The Bertz CT molecular complexity index is 163. The molecule has 0 aliphatic carbocycles. The minimum atomic E-state index is -0.730. The maximum atomic E-state index is 2.75. The van der Waals surface area contributed by atoms with Crippen LogP contribution in [0, 0.1) is 0 Å². The summed E-state index contributed by atoms with van der Waals surface area (Å²) in [5, 5.41) is 1.46. The molecular weight excluding hydrogens is 201 g/mol. The molecular formula is C11H26AlN3. The van der Waals surface area contributed by atoms with Gasteiger partial charge in [0.25, 0.3) is 0 Å². The van der Waals surface area contributed by atoms with E-state index in [2.05, 4.69) is 40.6 Å². The number of likely N-dealkylation sites (N-methyl/N-ethyl adjacent to an activating group) is 2. The highest BCUT2D eigenvalue weighted by molar-refractivity contribution is 6.53. The lowest BCUT2D eigenvalue weighted by Gasteiger charge is -2.23. The summed E-state index contributed by atoms with van der Waals surface area (Å²) in [4.78, 5) is 2.30. The van der Waals surface area contributed by atoms with Crippen molar-refractivity contribution in [3.8, 4) is 0 Å². The van der Waals surface area contributed by atoms with Crippen LogP contribution >= 0.6 is 0 Å². The fourth-order valence-corrected chi connectivity index (χ4v) is 5.89. The second-order valence-corrected chi connectivity index (χ2v) is 7.68. The average molecular weight is 227 g/mol. The summed E-state index contributed by atoms with van der Waals surface area (Å²) < 4.78 is 5.50. The Balaban J connectivity index is 2.34. The zero-order valence-electron chi connectivity index (χ0n) is 10.9. The van der Waals surface area contributed by atoms with Crippen LogP contribution in [0.15, 0.2) is 0 Å². The Morgan fingerprint density at radius 3 is 2.00 bits per heavy atom. The summed E-state index contributed by atoms with van der Waals surface area (Å²) in [5.74, 6) is 0. The van der Waals surface area contributed by atoms with Gasteiger partial charge in [-0.1, -0.05) is 19.1 Å². The topological polar surface area (TPSA) is 9.72 Å². The van der Waals surface area contributed by atoms with Crippen molar-refractivity contribution in [3.63, 3.8) is 0 Å². The zero-order chi connectivity index (χ0) is 11.3. The second-order valence-electron chi connectivity index (χ2n) is 4.68. The largest absolute Gasteiger partial charge is 0.488 e. The third-order valence-corrected chi connectivity index (χ3v) is 7.25. The van der Waals surface area contributed by atoms with Gasteiger partial charge in [-0.2, -0.15) is 0 Å². The van der Waals surface area contributed by atoms with Crippen molar-refractivity contribution in [1.82, 2.24) is 12.7 Å². The first kappa shape index (κ1) is 13.5. The van der Waals surface area contributed by atoms with E-state index in [1.807, 2.05) is 0 Å². The molecule has 0 radical (unpaired) electrons. The van der Waals surface area contributed by atoms with Crippen LogP contribution in [0.5, 0.6) is 0 Å². The highest BCUT2D eigenvalue weighted by Crippen LogP contribution is 2.15. The van der Waals surface area contributed by atoms with E-state index in [1.165, 1.54) is 44.4 Å². The van der Waals surface area contributed by atoms with Gasteiger partial charge in [-0.25, -0.2) is 0 Å². The van der Waals surface area contributed by atoms with E-state index in [0.29, 0.717) is 0 Å². The highest BCUT2D eigenvalue weighted by Gasteiger charge is 2.37. The van der Waals surface area contributed by atoms with Gasteiger partial charge in [0, 0.05) is 0 Å². The lowest BCUT2D eigenvalue weighted by atomic mass is 10.5. The molecule has 0 aromatic carbocycles. The third kappa shape index (κ3) is 4.05. The molecule has 1 rings (SSSR count). The molecule has 0 aromatic rings. The predicted molar refractivity (Wildman–Crippen MR) is 68.2 cm³/mol. The monoisotopic (exact) mass is 227 g/mol. The Kier molecular flexibility index (Phi) is 6.18. The summed E-state index contributed by atoms with van der Waals surface area (Å²) in [5.41, 5.74) is 0. The highest BCUT2D eigenvalue weighted by atomic mass is 27.2. The Morgan fingerprint density at radius 1 is 1.07 bits per heavy atom. The fourth-order valence-electron chi connectivity index (χ4n) is 2.48. The van der Waals surface area contributed by atoms with E-state index < -0.39 is 14.6 Å². The smallest absolute Gasteiger partial charge is 0.370 e. The van der Waals surface area contributed by atoms with Gasteiger partial charge >= 0.3 is 14.6 Å². The normalized spacial score (nSPS) is 19.4. The fraction of sp³-hybridized carbons (Fsp3) is 1.00. The van der Waals surface area contributed by atoms with Gasteiger partial charge in [-0.15, -0.1) is 0 Å². The molecule has 15 heavy (non-hydrogen) atoms. The molecule has 0 atom stereocenters. The number of rotatable bonds is 6. The van der Waals surface area contributed by atoms with Crippen molar-refractivity contribution >= 4 is 14.6 Å². The van der Waals surface area contributed by atoms with Gasteiger partial charge in [-0.3, -0.25) is 0 Å². The van der Waals surface area contributed by atoms with Crippen molar-refractivity contribution in [3.05, 3.63) is 0 Å². The summed E-state index contributed by atoms with van der Waals surface area (Å²) in [6.07, 6.45) is 1.37. The maximum absolute atomic E-state index is 2.75. The van der Waals surface area contributed by atoms with Crippen LogP contribution in [0.3, 0.4) is 0 Å². The lowest BCUT2D eigenvalue weighted by Crippen LogP contribution is -2.43. The molecule has 0 bridgehead atoms. The summed E-state index contributed by atoms with van der Waals surface area (Å²) >= 11 is -0.730. The quantitative estimate of drug-likeness (QED) is 0.629. The molecule has 1 saturated heterocycles. The minimum Gasteiger partial charge on any atom is -0.370 e. The van der Waals surface area contributed by atoms with Gasteiger partial charge < -0.3 is 12.7 Å². The van der Waals surface area contributed by atoms with Crippen LogP contribution in [-0.4, -0.2) is 74.1 Å². The SMILES string of the molecule is CC[N]1CC[N](CC)[Al]1[CH2]CCN(C)C. The van der Waals surface area contributed by atoms with Crippen LogP contribution in [0.25, 0.3) is 0 Å². The summed E-state index contributed by atoms with van der Waals surface area (Å²) in [7, 11) is 4.34. The van der Waals surface area contributed by atoms with E-state index in [-0.39, 0.29) is 0 Å². The molecule has 0 aromatic heterocycles. The number of nitrogens with zero attached hydrogens (tertiary/aromatic N) is 3. The Labute approximate surface area is 99.8 Å². The Morgan fingerprint density at radius 2 is 1.60 bits per heavy atom. The van der Waals surface area contributed by atoms with E-state index in [1.54, 1.807) is 0 Å². The molecule has 4 heteroatoms. The molecule has 0 saturated carbocycles. The van der Waals surface area contributed by atoms with Crippen LogP contribution in [0.4, 0.5) is 0 Å². The van der Waals surface area contributed by atoms with Crippen LogP contribution in [0.1, 0.15) is 20.3 Å². The first-order chi connectivity index (χ1) is 7.19. The van der Waals surface area contributed by atoms with Crippen molar-refractivity contribution in [2.45, 2.75) is 25.6 Å². The molecule has 1 aliphatic rings. The molecule has 0 unspecified atom stereocenters. The first-order valence-corrected chi connectivity index (χ1v) is 8.16. The van der Waals surface area contributed by atoms with Crippen molar-refractivity contribution in [1.29, 1.82) is 0 Å². The van der Waals surface area contributed by atoms with Gasteiger partial charge in [-0.05, 0) is 53.2 Å². The standard InChI is InChI=1S/C6H14N2.C5H12N.Al/c1-3-7-5-6-8-4-2;1-4-5-6(2)3;/h3-6H2,1-2H3;1,4-5H2,2-3H3;/q-2;;+2. The molecule has 1 heterocycles. The first-order valence-electron chi connectivity index (χ1n) is 6.31. The van der Waals surface area contributed by atoms with Crippen LogP contribution in [0.2, 0.25) is 5.28 Å². The summed E-state index contributed by atoms with van der Waals surface area (Å²) in [6, 6.07) is 0. The molecule has 88 valence electrons.